The Kier molecular flexibility index (Phi) is 1.95. The highest BCUT2D eigenvalue weighted by atomic mass is 16.1. The fourth-order valence-electron chi connectivity index (χ4n) is 5.09. The molecule has 0 amide bonds. The van der Waals surface area contributed by atoms with E-state index in [0.717, 1.165) is 41.7 Å². The van der Waals surface area contributed by atoms with Crippen LogP contribution < -0.4 is 11.4 Å². The third-order valence-electron chi connectivity index (χ3n) is 5.31. The van der Waals surface area contributed by atoms with E-state index in [1.54, 1.807) is 0 Å². The zero-order chi connectivity index (χ0) is 12.3. The summed E-state index contributed by atoms with van der Waals surface area (Å²) in [5.41, 5.74) is 0.472. The summed E-state index contributed by atoms with van der Waals surface area (Å²) in [5.74, 6) is 8.03. The van der Waals surface area contributed by atoms with E-state index < -0.39 is 0 Å². The molecule has 0 saturated heterocycles. The van der Waals surface area contributed by atoms with E-state index in [4.69, 9.17) is 5.84 Å². The van der Waals surface area contributed by atoms with Gasteiger partial charge in [-0.1, -0.05) is 0 Å². The Morgan fingerprint density at radius 1 is 1.17 bits per heavy atom. The third-order valence-corrected chi connectivity index (χ3v) is 5.31. The topological polar surface area (TPSA) is 73.8 Å². The predicted octanol–water partition coefficient (Wildman–Crippen LogP) is 0.820. The monoisotopic (exact) mass is 246 g/mol. The molecule has 4 fully saturated rings. The summed E-state index contributed by atoms with van der Waals surface area (Å²) >= 11 is 0. The summed E-state index contributed by atoms with van der Waals surface area (Å²) in [6.07, 6.45) is 8.72. The number of nitrogens with zero attached hydrogens (tertiary/aromatic N) is 3. The highest BCUT2D eigenvalue weighted by molar-refractivity contribution is 5.20. The van der Waals surface area contributed by atoms with Crippen LogP contribution in [0.3, 0.4) is 0 Å². The van der Waals surface area contributed by atoms with Crippen molar-refractivity contribution in [3.8, 4) is 0 Å². The maximum Gasteiger partial charge on any atom is 0.294 e. The molecule has 0 aromatic carbocycles. The van der Waals surface area contributed by atoms with Crippen LogP contribution in [0.4, 0.5) is 0 Å². The molecule has 0 aliphatic heterocycles. The third kappa shape index (κ3) is 1.30. The lowest BCUT2D eigenvalue weighted by Gasteiger charge is -2.55. The molecular weight excluding hydrogens is 228 g/mol. The van der Waals surface area contributed by atoms with Gasteiger partial charge in [0.05, 0.1) is 0 Å². The van der Waals surface area contributed by atoms with E-state index in [-0.39, 0.29) is 11.0 Å². The lowest BCUT2D eigenvalue weighted by atomic mass is 9.49. The molecule has 4 aliphatic rings. The predicted molar refractivity (Wildman–Crippen MR) is 66.3 cm³/mol. The van der Waals surface area contributed by atoms with Gasteiger partial charge in [0.2, 0.25) is 0 Å². The van der Waals surface area contributed by atoms with Gasteiger partial charge in [0.1, 0.15) is 12.0 Å². The van der Waals surface area contributed by atoms with Crippen LogP contribution in [0.5, 0.6) is 0 Å². The Hall–Kier alpha value is -1.39. The number of hydrogen-bond donors (Lipinski definition) is 1. The molecule has 0 radical (unpaired) electrons. The van der Waals surface area contributed by atoms with Crippen LogP contribution in [0.2, 0.25) is 0 Å². The summed E-state index contributed by atoms with van der Waals surface area (Å²) in [5, 5.41) is 8.06. The smallest absolute Gasteiger partial charge is 0.294 e. The standard InChI is InChI=1S/C13H18N4O/c14-17-7-15-16-11(12(17)18)13-4-8-1-9(5-13)3-10(2-8)6-13/h7-10H,1-6,14H2. The van der Waals surface area contributed by atoms with Crippen LogP contribution in [0.1, 0.15) is 44.2 Å². The van der Waals surface area contributed by atoms with Crippen LogP contribution in [0.25, 0.3) is 0 Å². The Morgan fingerprint density at radius 2 is 1.72 bits per heavy atom. The van der Waals surface area contributed by atoms with Crippen molar-refractivity contribution < 1.29 is 0 Å². The van der Waals surface area contributed by atoms with Gasteiger partial charge in [-0.3, -0.25) is 4.79 Å². The summed E-state index contributed by atoms with van der Waals surface area (Å²) in [6, 6.07) is 0. The molecule has 4 saturated carbocycles. The Balaban J connectivity index is 1.84. The Labute approximate surface area is 105 Å². The maximum atomic E-state index is 12.2. The van der Waals surface area contributed by atoms with Crippen molar-refractivity contribution in [1.82, 2.24) is 14.9 Å². The highest BCUT2D eigenvalue weighted by Gasteiger charge is 2.53. The molecule has 4 aliphatic carbocycles. The van der Waals surface area contributed by atoms with Crippen LogP contribution in [-0.2, 0) is 5.41 Å². The van der Waals surface area contributed by atoms with Gasteiger partial charge in [-0.05, 0) is 56.3 Å². The van der Waals surface area contributed by atoms with E-state index in [1.165, 1.54) is 25.6 Å². The van der Waals surface area contributed by atoms with Gasteiger partial charge in [-0.2, -0.15) is 0 Å². The summed E-state index contributed by atoms with van der Waals surface area (Å²) in [7, 11) is 0. The SMILES string of the molecule is Nn1cnnc(C23CC4CC(CC(C4)C2)C3)c1=O. The van der Waals surface area contributed by atoms with Crippen molar-refractivity contribution in [2.45, 2.75) is 43.9 Å². The van der Waals surface area contributed by atoms with Crippen molar-refractivity contribution in [3.05, 3.63) is 22.4 Å². The second-order valence-electron chi connectivity index (χ2n) is 6.59. The van der Waals surface area contributed by atoms with Crippen molar-refractivity contribution in [1.29, 1.82) is 0 Å². The normalized spacial score (nSPS) is 41.2. The zero-order valence-electron chi connectivity index (χ0n) is 10.4. The van der Waals surface area contributed by atoms with E-state index in [1.807, 2.05) is 0 Å². The number of aromatic nitrogens is 3. The number of rotatable bonds is 1. The number of hydrogen-bond acceptors (Lipinski definition) is 4. The molecule has 1 aromatic heterocycles. The minimum Gasteiger partial charge on any atom is -0.335 e. The maximum absolute atomic E-state index is 12.2. The second kappa shape index (κ2) is 3.33. The lowest BCUT2D eigenvalue weighted by Crippen LogP contribution is -2.52. The molecule has 1 aromatic rings. The average molecular weight is 246 g/mol. The van der Waals surface area contributed by atoms with E-state index in [2.05, 4.69) is 10.2 Å². The first-order valence-electron chi connectivity index (χ1n) is 6.86. The Morgan fingerprint density at radius 3 is 2.28 bits per heavy atom. The molecule has 0 atom stereocenters. The van der Waals surface area contributed by atoms with Crippen LogP contribution in [0.15, 0.2) is 11.1 Å². The highest BCUT2D eigenvalue weighted by Crippen LogP contribution is 2.59. The van der Waals surface area contributed by atoms with Gasteiger partial charge >= 0.3 is 0 Å². The van der Waals surface area contributed by atoms with Crippen LogP contribution in [0, 0.1) is 17.8 Å². The quantitative estimate of drug-likeness (QED) is 0.744. The minimum absolute atomic E-state index is 0.0127. The first kappa shape index (κ1) is 10.5. The molecule has 5 heteroatoms. The van der Waals surface area contributed by atoms with Gasteiger partial charge < -0.3 is 5.84 Å². The number of nitrogen functional groups attached to an aromatic ring is 1. The molecule has 18 heavy (non-hydrogen) atoms. The molecule has 0 spiro atoms. The van der Waals surface area contributed by atoms with Gasteiger partial charge in [-0.25, -0.2) is 4.68 Å². The fraction of sp³-hybridized carbons (Fsp3) is 0.769. The van der Waals surface area contributed by atoms with Crippen molar-refractivity contribution in [3.63, 3.8) is 0 Å². The summed E-state index contributed by atoms with van der Waals surface area (Å²) < 4.78 is 1.08. The molecule has 2 N–H and O–H groups in total. The molecular formula is C13H18N4O. The van der Waals surface area contributed by atoms with Crippen LogP contribution >= 0.6 is 0 Å². The minimum atomic E-state index is -0.146. The van der Waals surface area contributed by atoms with Crippen molar-refractivity contribution in [2.24, 2.45) is 17.8 Å². The summed E-state index contributed by atoms with van der Waals surface area (Å²) in [6.45, 7) is 0. The molecule has 5 rings (SSSR count). The number of nitrogens with two attached hydrogens (primary N) is 1. The Bertz CT molecular complexity index is 515. The summed E-state index contributed by atoms with van der Waals surface area (Å²) in [4.78, 5) is 12.2. The van der Waals surface area contributed by atoms with Gasteiger partial charge in [0.25, 0.3) is 5.56 Å². The van der Waals surface area contributed by atoms with E-state index in [9.17, 15) is 4.79 Å². The zero-order valence-corrected chi connectivity index (χ0v) is 10.4. The van der Waals surface area contributed by atoms with Crippen molar-refractivity contribution in [2.75, 3.05) is 5.84 Å². The lowest BCUT2D eigenvalue weighted by molar-refractivity contribution is -0.00854. The fourth-order valence-corrected chi connectivity index (χ4v) is 5.09. The first-order chi connectivity index (χ1) is 8.66. The van der Waals surface area contributed by atoms with E-state index >= 15 is 0 Å². The van der Waals surface area contributed by atoms with Gasteiger partial charge in [-0.15, -0.1) is 10.2 Å². The molecule has 96 valence electrons. The second-order valence-corrected chi connectivity index (χ2v) is 6.59. The van der Waals surface area contributed by atoms with E-state index in [0.29, 0.717) is 5.69 Å². The van der Waals surface area contributed by atoms with Gasteiger partial charge in [0.15, 0.2) is 0 Å². The molecule has 0 unspecified atom stereocenters. The average Bonchev–Trinajstić information content (AvgIpc) is 2.30. The van der Waals surface area contributed by atoms with Crippen LogP contribution in [-0.4, -0.2) is 14.9 Å². The molecule has 5 nitrogen and oxygen atoms in total. The largest absolute Gasteiger partial charge is 0.335 e. The molecule has 1 heterocycles. The first-order valence-corrected chi connectivity index (χ1v) is 6.86. The molecule has 4 bridgehead atoms. The van der Waals surface area contributed by atoms with Gasteiger partial charge in [0, 0.05) is 5.41 Å². The van der Waals surface area contributed by atoms with Crippen molar-refractivity contribution >= 4 is 0 Å².